The van der Waals surface area contributed by atoms with Crippen molar-refractivity contribution in [1.82, 2.24) is 9.97 Å². The van der Waals surface area contributed by atoms with Crippen LogP contribution >= 0.6 is 11.3 Å². The zero-order valence-electron chi connectivity index (χ0n) is 16.4. The average molecular weight is 431 g/mol. The molecule has 0 fully saturated rings. The standard InChI is InChI=1S/C24H18FN3O2S/c25-16-6-9-18-15(13-16)5-10-19-22(18)28-23(20-2-1-11-31-20)24(26-19)27-21(30)12-14-3-7-17(29)8-4-14/h1-4,6-9,11,13,29H,5,10,12H2,(H,26,27,30). The van der Waals surface area contributed by atoms with Crippen LogP contribution in [0.2, 0.25) is 0 Å². The van der Waals surface area contributed by atoms with E-state index in [-0.39, 0.29) is 23.9 Å². The molecule has 0 bridgehead atoms. The largest absolute Gasteiger partial charge is 0.508 e. The summed E-state index contributed by atoms with van der Waals surface area (Å²) >= 11 is 1.52. The number of thiophene rings is 1. The number of phenolic OH excluding ortho intramolecular Hbond substituents is 1. The summed E-state index contributed by atoms with van der Waals surface area (Å²) in [5.41, 5.74) is 4.72. The van der Waals surface area contributed by atoms with Crippen molar-refractivity contribution in [2.45, 2.75) is 19.3 Å². The molecule has 0 aliphatic heterocycles. The number of nitrogens with one attached hydrogen (secondary N) is 1. The molecule has 7 heteroatoms. The minimum absolute atomic E-state index is 0.157. The molecule has 1 amide bonds. The minimum Gasteiger partial charge on any atom is -0.508 e. The van der Waals surface area contributed by atoms with Gasteiger partial charge in [-0.25, -0.2) is 14.4 Å². The summed E-state index contributed by atoms with van der Waals surface area (Å²) in [6.45, 7) is 0. The fourth-order valence-corrected chi connectivity index (χ4v) is 4.48. The minimum atomic E-state index is -0.258. The van der Waals surface area contributed by atoms with Gasteiger partial charge in [0.25, 0.3) is 0 Å². The van der Waals surface area contributed by atoms with Crippen molar-refractivity contribution in [2.24, 2.45) is 0 Å². The van der Waals surface area contributed by atoms with Gasteiger partial charge in [0.1, 0.15) is 17.3 Å². The van der Waals surface area contributed by atoms with E-state index in [1.807, 2.05) is 17.5 Å². The van der Waals surface area contributed by atoms with Crippen LogP contribution in [-0.4, -0.2) is 21.0 Å². The second kappa shape index (κ2) is 7.92. The molecule has 4 aromatic rings. The zero-order chi connectivity index (χ0) is 21.4. The Morgan fingerprint density at radius 1 is 1.06 bits per heavy atom. The molecule has 5 nitrogen and oxygen atoms in total. The van der Waals surface area contributed by atoms with E-state index in [0.717, 1.165) is 33.0 Å². The molecule has 31 heavy (non-hydrogen) atoms. The van der Waals surface area contributed by atoms with Crippen molar-refractivity contribution in [1.29, 1.82) is 0 Å². The molecule has 2 heterocycles. The number of aryl methyl sites for hydroxylation is 2. The van der Waals surface area contributed by atoms with Crippen LogP contribution in [-0.2, 0) is 24.1 Å². The van der Waals surface area contributed by atoms with Gasteiger partial charge >= 0.3 is 0 Å². The van der Waals surface area contributed by atoms with Crippen LogP contribution in [0.3, 0.4) is 0 Å². The van der Waals surface area contributed by atoms with Gasteiger partial charge in [0, 0.05) is 5.56 Å². The van der Waals surface area contributed by atoms with E-state index in [1.54, 1.807) is 36.4 Å². The quantitative estimate of drug-likeness (QED) is 0.477. The lowest BCUT2D eigenvalue weighted by Crippen LogP contribution is -2.18. The van der Waals surface area contributed by atoms with Crippen molar-refractivity contribution in [3.63, 3.8) is 0 Å². The van der Waals surface area contributed by atoms with Gasteiger partial charge in [-0.15, -0.1) is 11.3 Å². The number of aromatic hydroxyl groups is 1. The highest BCUT2D eigenvalue weighted by Crippen LogP contribution is 2.37. The highest BCUT2D eigenvalue weighted by molar-refractivity contribution is 7.13. The van der Waals surface area contributed by atoms with Gasteiger partial charge in [0.15, 0.2) is 5.82 Å². The van der Waals surface area contributed by atoms with Gasteiger partial charge in [-0.2, -0.15) is 0 Å². The van der Waals surface area contributed by atoms with E-state index < -0.39 is 0 Å². The highest BCUT2D eigenvalue weighted by Gasteiger charge is 2.23. The Kier molecular flexibility index (Phi) is 4.95. The fourth-order valence-electron chi connectivity index (χ4n) is 3.76. The summed E-state index contributed by atoms with van der Waals surface area (Å²) in [6.07, 6.45) is 1.46. The number of amides is 1. The third-order valence-corrected chi connectivity index (χ3v) is 6.11. The number of nitrogens with zero attached hydrogens (tertiary/aromatic N) is 2. The summed E-state index contributed by atoms with van der Waals surface area (Å²) in [6, 6.07) is 15.1. The lowest BCUT2D eigenvalue weighted by atomic mass is 9.91. The van der Waals surface area contributed by atoms with E-state index >= 15 is 0 Å². The maximum absolute atomic E-state index is 13.7. The first-order valence-corrected chi connectivity index (χ1v) is 10.8. The Morgan fingerprint density at radius 3 is 2.68 bits per heavy atom. The molecule has 0 atom stereocenters. The summed E-state index contributed by atoms with van der Waals surface area (Å²) in [5, 5.41) is 14.3. The molecule has 2 aromatic heterocycles. The van der Waals surface area contributed by atoms with Crippen LogP contribution in [0.1, 0.15) is 16.8 Å². The number of carbonyl (C=O) groups is 1. The number of aromatic nitrogens is 2. The Morgan fingerprint density at radius 2 is 1.90 bits per heavy atom. The second-order valence-electron chi connectivity index (χ2n) is 7.39. The number of rotatable bonds is 4. The molecular weight excluding hydrogens is 413 g/mol. The van der Waals surface area contributed by atoms with Crippen molar-refractivity contribution in [2.75, 3.05) is 5.32 Å². The van der Waals surface area contributed by atoms with Gasteiger partial charge in [-0.05, 0) is 65.7 Å². The lowest BCUT2D eigenvalue weighted by molar-refractivity contribution is -0.115. The third kappa shape index (κ3) is 3.92. The molecule has 154 valence electrons. The van der Waals surface area contributed by atoms with Crippen LogP contribution in [0.25, 0.3) is 21.8 Å². The van der Waals surface area contributed by atoms with Crippen LogP contribution in [0.15, 0.2) is 60.0 Å². The van der Waals surface area contributed by atoms with Gasteiger partial charge in [-0.3, -0.25) is 4.79 Å². The molecule has 0 saturated heterocycles. The normalized spacial score (nSPS) is 12.2. The highest BCUT2D eigenvalue weighted by atomic mass is 32.1. The molecule has 2 N–H and O–H groups in total. The number of halogens is 1. The van der Waals surface area contributed by atoms with Gasteiger partial charge in [0.05, 0.1) is 22.7 Å². The number of anilines is 1. The number of phenols is 1. The number of hydrogen-bond acceptors (Lipinski definition) is 5. The molecule has 0 unspecified atom stereocenters. The van der Waals surface area contributed by atoms with E-state index in [2.05, 4.69) is 5.32 Å². The van der Waals surface area contributed by atoms with Crippen molar-refractivity contribution < 1.29 is 14.3 Å². The maximum atomic E-state index is 13.7. The molecule has 0 saturated carbocycles. The average Bonchev–Trinajstić information content (AvgIpc) is 3.29. The number of carbonyl (C=O) groups excluding carboxylic acids is 1. The Balaban J connectivity index is 1.52. The van der Waals surface area contributed by atoms with Crippen LogP contribution < -0.4 is 5.32 Å². The SMILES string of the molecule is O=C(Cc1ccc(O)cc1)Nc1nc2c(nc1-c1cccs1)-c1ccc(F)cc1CC2. The third-order valence-electron chi connectivity index (χ3n) is 5.23. The topological polar surface area (TPSA) is 75.1 Å². The molecular formula is C24H18FN3O2S. The molecule has 1 aliphatic rings. The number of benzene rings is 2. The molecule has 0 spiro atoms. The van der Waals surface area contributed by atoms with E-state index in [9.17, 15) is 14.3 Å². The Hall–Kier alpha value is -3.58. The molecule has 2 aromatic carbocycles. The first-order chi connectivity index (χ1) is 15.1. The summed E-state index contributed by atoms with van der Waals surface area (Å²) < 4.78 is 13.7. The first-order valence-electron chi connectivity index (χ1n) is 9.88. The van der Waals surface area contributed by atoms with Crippen molar-refractivity contribution >= 4 is 23.1 Å². The smallest absolute Gasteiger partial charge is 0.230 e. The number of hydrogen-bond donors (Lipinski definition) is 2. The van der Waals surface area contributed by atoms with Crippen molar-refractivity contribution in [3.8, 4) is 27.6 Å². The van der Waals surface area contributed by atoms with E-state index in [4.69, 9.17) is 9.97 Å². The summed E-state index contributed by atoms with van der Waals surface area (Å²) in [5.74, 6) is 0.114. The molecule has 0 radical (unpaired) electrons. The summed E-state index contributed by atoms with van der Waals surface area (Å²) in [4.78, 5) is 23.2. The monoisotopic (exact) mass is 431 g/mol. The van der Waals surface area contributed by atoms with E-state index in [0.29, 0.717) is 24.4 Å². The van der Waals surface area contributed by atoms with Crippen LogP contribution in [0.5, 0.6) is 5.75 Å². The first kappa shape index (κ1) is 19.4. The Bertz CT molecular complexity index is 1270. The lowest BCUT2D eigenvalue weighted by Gasteiger charge is -2.20. The summed E-state index contributed by atoms with van der Waals surface area (Å²) in [7, 11) is 0. The van der Waals surface area contributed by atoms with E-state index in [1.165, 1.54) is 17.4 Å². The molecule has 1 aliphatic carbocycles. The Labute approximate surface area is 182 Å². The second-order valence-corrected chi connectivity index (χ2v) is 8.33. The van der Waals surface area contributed by atoms with Crippen molar-refractivity contribution in [3.05, 3.63) is 82.6 Å². The van der Waals surface area contributed by atoms with Crippen LogP contribution in [0, 0.1) is 5.82 Å². The number of fused-ring (bicyclic) bond motifs is 3. The predicted octanol–water partition coefficient (Wildman–Crippen LogP) is 5.00. The predicted molar refractivity (Wildman–Crippen MR) is 119 cm³/mol. The van der Waals surface area contributed by atoms with Gasteiger partial charge in [-0.1, -0.05) is 18.2 Å². The van der Waals surface area contributed by atoms with Gasteiger partial charge in [0.2, 0.25) is 5.91 Å². The fraction of sp³-hybridized carbons (Fsp3) is 0.125. The zero-order valence-corrected chi connectivity index (χ0v) is 17.2. The molecule has 5 rings (SSSR count). The van der Waals surface area contributed by atoms with Crippen LogP contribution in [0.4, 0.5) is 10.2 Å². The van der Waals surface area contributed by atoms with Gasteiger partial charge < -0.3 is 10.4 Å². The maximum Gasteiger partial charge on any atom is 0.230 e.